The molecule has 4 aliphatic carbocycles. The molecule has 1 N–H and O–H groups in total. The molecule has 1 aliphatic heterocycles. The Balaban J connectivity index is 1.35. The van der Waals surface area contributed by atoms with Gasteiger partial charge in [0, 0.05) is 0 Å². The summed E-state index contributed by atoms with van der Waals surface area (Å²) in [6, 6.07) is 0. The van der Waals surface area contributed by atoms with Crippen LogP contribution in [0, 0.1) is 52.3 Å². The molecule has 5 rings (SSSR count). The largest absolute Gasteiger partial charge is 0.393 e. The Morgan fingerprint density at radius 3 is 2.45 bits per heavy atom. The van der Waals surface area contributed by atoms with Crippen LogP contribution in [0.25, 0.3) is 0 Å². The maximum atomic E-state index is 10.3. The van der Waals surface area contributed by atoms with Crippen LogP contribution in [0.1, 0.15) is 112 Å². The van der Waals surface area contributed by atoms with E-state index >= 15 is 0 Å². The Labute approximate surface area is 192 Å². The molecule has 2 nitrogen and oxygen atoms in total. The first-order valence-corrected chi connectivity index (χ1v) is 14.0. The van der Waals surface area contributed by atoms with E-state index in [4.69, 9.17) is 4.74 Å². The van der Waals surface area contributed by atoms with Crippen LogP contribution >= 0.6 is 0 Å². The second-order valence-corrected chi connectivity index (χ2v) is 13.7. The van der Waals surface area contributed by atoms with E-state index in [0.29, 0.717) is 22.9 Å². The predicted octanol–water partition coefficient (Wildman–Crippen LogP) is 7.24. The smallest absolute Gasteiger partial charge is 0.0687 e. The Bertz CT molecular complexity index is 676. The highest BCUT2D eigenvalue weighted by Crippen LogP contribution is 2.71. The molecule has 1 heterocycles. The van der Waals surface area contributed by atoms with Crippen molar-refractivity contribution in [2.45, 2.75) is 130 Å². The maximum absolute atomic E-state index is 10.3. The topological polar surface area (TPSA) is 29.5 Å². The lowest BCUT2D eigenvalue weighted by atomic mass is 9.44. The van der Waals surface area contributed by atoms with Gasteiger partial charge in [0.05, 0.1) is 17.8 Å². The molecule has 2 heteroatoms. The lowest BCUT2D eigenvalue weighted by molar-refractivity contribution is -0.133. The molecular formula is C29H50O2. The molecule has 4 saturated carbocycles. The fraction of sp³-hybridized carbons (Fsp3) is 1.00. The number of hydrogen-bond acceptors (Lipinski definition) is 2. The molecule has 0 aromatic rings. The second-order valence-electron chi connectivity index (χ2n) is 13.7. The number of aliphatic hydroxyl groups excluding tert-OH is 1. The van der Waals surface area contributed by atoms with Gasteiger partial charge in [-0.2, -0.15) is 0 Å². The highest BCUT2D eigenvalue weighted by molar-refractivity contribution is 5.15. The fourth-order valence-corrected chi connectivity index (χ4v) is 10.1. The van der Waals surface area contributed by atoms with Crippen molar-refractivity contribution in [1.82, 2.24) is 0 Å². The average molecular weight is 431 g/mol. The Hall–Kier alpha value is -0.0800. The van der Waals surface area contributed by atoms with Gasteiger partial charge in [-0.3, -0.25) is 0 Å². The molecule has 6 unspecified atom stereocenters. The summed E-state index contributed by atoms with van der Waals surface area (Å²) < 4.78 is 7.03. The van der Waals surface area contributed by atoms with Gasteiger partial charge >= 0.3 is 0 Å². The molecule has 0 bridgehead atoms. The highest BCUT2D eigenvalue weighted by atomic mass is 16.5. The summed E-state index contributed by atoms with van der Waals surface area (Å²) in [6.45, 7) is 15.0. The minimum absolute atomic E-state index is 0.0309. The second kappa shape index (κ2) is 7.72. The standard InChI is InChI=1S/C29H50O2/c1-7-18(2)10-15-29(6)19(3)26-25(31-29)17-24-22-9-8-20-16-21(30)11-13-27(20,4)23(22)12-14-28(24,26)5/h18-26,30H,7-17H2,1-6H3/t18-,19+,20?,21+,22?,23?,24?,25?,26?,27+,28+,29+/m1/s1. The van der Waals surface area contributed by atoms with Crippen molar-refractivity contribution in [3.8, 4) is 0 Å². The summed E-state index contributed by atoms with van der Waals surface area (Å²) in [7, 11) is 0. The Morgan fingerprint density at radius 2 is 1.71 bits per heavy atom. The van der Waals surface area contributed by atoms with Gasteiger partial charge in [0.2, 0.25) is 0 Å². The summed E-state index contributed by atoms with van der Waals surface area (Å²) in [6.07, 6.45) is 14.6. The van der Waals surface area contributed by atoms with E-state index in [9.17, 15) is 5.11 Å². The van der Waals surface area contributed by atoms with Crippen molar-refractivity contribution in [1.29, 1.82) is 0 Å². The van der Waals surface area contributed by atoms with Gasteiger partial charge in [-0.25, -0.2) is 0 Å². The monoisotopic (exact) mass is 430 g/mol. The average Bonchev–Trinajstić information content (AvgIpc) is 3.17. The van der Waals surface area contributed by atoms with Crippen LogP contribution in [0.4, 0.5) is 0 Å². The first-order valence-electron chi connectivity index (χ1n) is 14.0. The predicted molar refractivity (Wildman–Crippen MR) is 128 cm³/mol. The molecule has 0 aromatic carbocycles. The van der Waals surface area contributed by atoms with E-state index in [2.05, 4.69) is 41.5 Å². The third-order valence-electron chi connectivity index (χ3n) is 12.5. The number of ether oxygens (including phenoxy) is 1. The van der Waals surface area contributed by atoms with E-state index in [1.54, 1.807) is 0 Å². The zero-order chi connectivity index (χ0) is 22.2. The summed E-state index contributed by atoms with van der Waals surface area (Å²) in [4.78, 5) is 0. The third-order valence-corrected chi connectivity index (χ3v) is 12.5. The van der Waals surface area contributed by atoms with Gasteiger partial charge in [0.25, 0.3) is 0 Å². The van der Waals surface area contributed by atoms with Crippen molar-refractivity contribution in [2.75, 3.05) is 0 Å². The van der Waals surface area contributed by atoms with Crippen molar-refractivity contribution in [3.05, 3.63) is 0 Å². The Morgan fingerprint density at radius 1 is 0.968 bits per heavy atom. The van der Waals surface area contributed by atoms with Crippen LogP contribution in [0.3, 0.4) is 0 Å². The van der Waals surface area contributed by atoms with Crippen LogP contribution < -0.4 is 0 Å². The van der Waals surface area contributed by atoms with Crippen LogP contribution in [0.2, 0.25) is 0 Å². The van der Waals surface area contributed by atoms with Gasteiger partial charge in [-0.05, 0) is 123 Å². The first kappa shape index (κ1) is 22.7. The van der Waals surface area contributed by atoms with Crippen molar-refractivity contribution in [3.63, 3.8) is 0 Å². The van der Waals surface area contributed by atoms with E-state index in [1.165, 1.54) is 57.8 Å². The number of rotatable bonds is 4. The summed E-state index contributed by atoms with van der Waals surface area (Å²) in [5.74, 6) is 5.70. The lowest BCUT2D eigenvalue weighted by Gasteiger charge is -2.61. The third kappa shape index (κ3) is 3.31. The molecular weight excluding hydrogens is 380 g/mol. The van der Waals surface area contributed by atoms with Crippen LogP contribution in [0.15, 0.2) is 0 Å². The van der Waals surface area contributed by atoms with Gasteiger partial charge in [-0.15, -0.1) is 0 Å². The van der Waals surface area contributed by atoms with Crippen molar-refractivity contribution >= 4 is 0 Å². The van der Waals surface area contributed by atoms with Crippen LogP contribution in [0.5, 0.6) is 0 Å². The molecule has 178 valence electrons. The molecule has 5 fully saturated rings. The summed E-state index contributed by atoms with van der Waals surface area (Å²) in [5.41, 5.74) is 1.06. The number of aliphatic hydroxyl groups is 1. The molecule has 0 amide bonds. The molecule has 5 aliphatic rings. The number of fused-ring (bicyclic) bond motifs is 7. The molecule has 0 spiro atoms. The summed E-state index contributed by atoms with van der Waals surface area (Å²) in [5, 5.41) is 10.3. The Kier molecular flexibility index (Phi) is 5.66. The molecule has 0 aromatic heterocycles. The van der Waals surface area contributed by atoms with Gasteiger partial charge in [0.1, 0.15) is 0 Å². The molecule has 12 atom stereocenters. The normalized spacial score (nSPS) is 57.0. The SMILES string of the molecule is CC[C@@H](C)CC[C@]1(C)OC2CC3C4CCC5C[C@@H](O)CC[C@]5(C)C4CC[C@]3(C)C2[C@@H]1C. The van der Waals surface area contributed by atoms with Crippen LogP contribution in [-0.4, -0.2) is 22.9 Å². The zero-order valence-corrected chi connectivity index (χ0v) is 21.3. The van der Waals surface area contributed by atoms with E-state index < -0.39 is 0 Å². The molecule has 1 saturated heterocycles. The van der Waals surface area contributed by atoms with Gasteiger partial charge in [-0.1, -0.05) is 41.0 Å². The summed E-state index contributed by atoms with van der Waals surface area (Å²) >= 11 is 0. The van der Waals surface area contributed by atoms with Gasteiger partial charge < -0.3 is 9.84 Å². The van der Waals surface area contributed by atoms with Gasteiger partial charge in [0.15, 0.2) is 0 Å². The van der Waals surface area contributed by atoms with Crippen molar-refractivity contribution < 1.29 is 9.84 Å². The quantitative estimate of drug-likeness (QED) is 0.509. The minimum Gasteiger partial charge on any atom is -0.393 e. The van der Waals surface area contributed by atoms with E-state index in [-0.39, 0.29) is 11.7 Å². The minimum atomic E-state index is -0.0309. The zero-order valence-electron chi connectivity index (χ0n) is 21.3. The van der Waals surface area contributed by atoms with Crippen molar-refractivity contribution in [2.24, 2.45) is 52.3 Å². The fourth-order valence-electron chi connectivity index (χ4n) is 10.1. The highest BCUT2D eigenvalue weighted by Gasteiger charge is 2.67. The molecule has 0 radical (unpaired) electrons. The lowest BCUT2D eigenvalue weighted by Crippen LogP contribution is -2.54. The maximum Gasteiger partial charge on any atom is 0.0687 e. The van der Waals surface area contributed by atoms with E-state index in [0.717, 1.165) is 48.3 Å². The van der Waals surface area contributed by atoms with Crippen LogP contribution in [-0.2, 0) is 4.74 Å². The van der Waals surface area contributed by atoms with E-state index in [1.807, 2.05) is 0 Å². The molecule has 31 heavy (non-hydrogen) atoms. The number of hydrogen-bond donors (Lipinski definition) is 1. The first-order chi connectivity index (χ1) is 14.6.